The van der Waals surface area contributed by atoms with Gasteiger partial charge >= 0.3 is 0 Å². The van der Waals surface area contributed by atoms with E-state index in [2.05, 4.69) is 70.9 Å². The zero-order chi connectivity index (χ0) is 18.0. The van der Waals surface area contributed by atoms with Gasteiger partial charge in [0.15, 0.2) is 5.96 Å². The Balaban J connectivity index is 1.91. The standard InChI is InChI=1S/C21H30N4/c1-4-21(5-2,19-11-7-6-8-12-19)17-25-20(22-3)24-15-13-18-10-9-14-23-16-18/h6-12,14,16H,4-5,13,15,17H2,1-3H3,(H2,22,24,25). The summed E-state index contributed by atoms with van der Waals surface area (Å²) >= 11 is 0. The van der Waals surface area contributed by atoms with E-state index in [0.29, 0.717) is 0 Å². The zero-order valence-corrected chi connectivity index (χ0v) is 15.6. The van der Waals surface area contributed by atoms with Gasteiger partial charge < -0.3 is 10.6 Å². The number of pyridine rings is 1. The molecular weight excluding hydrogens is 308 g/mol. The summed E-state index contributed by atoms with van der Waals surface area (Å²) < 4.78 is 0. The number of aromatic nitrogens is 1. The Kier molecular flexibility index (Phi) is 7.45. The summed E-state index contributed by atoms with van der Waals surface area (Å²) in [5, 5.41) is 6.92. The highest BCUT2D eigenvalue weighted by atomic mass is 15.2. The third-order valence-corrected chi connectivity index (χ3v) is 4.99. The topological polar surface area (TPSA) is 49.3 Å². The Morgan fingerprint density at radius 1 is 1.04 bits per heavy atom. The SMILES string of the molecule is CCC(CC)(CNC(=NC)NCCc1cccnc1)c1ccccc1. The average molecular weight is 338 g/mol. The molecule has 0 atom stereocenters. The van der Waals surface area contributed by atoms with E-state index in [4.69, 9.17) is 0 Å². The molecule has 4 heteroatoms. The Morgan fingerprint density at radius 3 is 2.40 bits per heavy atom. The van der Waals surface area contributed by atoms with Crippen molar-refractivity contribution in [2.75, 3.05) is 20.1 Å². The largest absolute Gasteiger partial charge is 0.356 e. The normalized spacial score (nSPS) is 12.0. The predicted molar refractivity (Wildman–Crippen MR) is 106 cm³/mol. The van der Waals surface area contributed by atoms with Crippen LogP contribution in [0.15, 0.2) is 59.9 Å². The molecule has 0 unspecified atom stereocenters. The van der Waals surface area contributed by atoms with Crippen LogP contribution in [0.2, 0.25) is 0 Å². The third-order valence-electron chi connectivity index (χ3n) is 4.99. The number of nitrogens with zero attached hydrogens (tertiary/aromatic N) is 2. The van der Waals surface area contributed by atoms with Crippen molar-refractivity contribution in [2.45, 2.75) is 38.5 Å². The molecule has 0 aliphatic heterocycles. The molecule has 4 nitrogen and oxygen atoms in total. The molecule has 0 fully saturated rings. The first-order chi connectivity index (χ1) is 12.2. The van der Waals surface area contributed by atoms with E-state index in [9.17, 15) is 0 Å². The van der Waals surface area contributed by atoms with Crippen LogP contribution in [0.1, 0.15) is 37.8 Å². The van der Waals surface area contributed by atoms with Crippen molar-refractivity contribution in [3.63, 3.8) is 0 Å². The van der Waals surface area contributed by atoms with Gasteiger partial charge in [-0.05, 0) is 36.5 Å². The first-order valence-electron chi connectivity index (χ1n) is 9.13. The maximum Gasteiger partial charge on any atom is 0.191 e. The fraction of sp³-hybridized carbons (Fsp3) is 0.429. The summed E-state index contributed by atoms with van der Waals surface area (Å²) in [6.07, 6.45) is 6.82. The summed E-state index contributed by atoms with van der Waals surface area (Å²) in [5.41, 5.74) is 2.74. The second-order valence-corrected chi connectivity index (χ2v) is 6.32. The van der Waals surface area contributed by atoms with E-state index < -0.39 is 0 Å². The minimum Gasteiger partial charge on any atom is -0.356 e. The summed E-state index contributed by atoms with van der Waals surface area (Å²) in [6, 6.07) is 14.8. The number of benzene rings is 1. The second-order valence-electron chi connectivity index (χ2n) is 6.32. The van der Waals surface area contributed by atoms with Crippen LogP contribution < -0.4 is 10.6 Å². The van der Waals surface area contributed by atoms with E-state index in [0.717, 1.165) is 38.3 Å². The van der Waals surface area contributed by atoms with E-state index >= 15 is 0 Å². The summed E-state index contributed by atoms with van der Waals surface area (Å²) in [6.45, 7) is 6.23. The van der Waals surface area contributed by atoms with Crippen LogP contribution >= 0.6 is 0 Å². The first kappa shape index (κ1) is 19.0. The van der Waals surface area contributed by atoms with Gasteiger partial charge in [0, 0.05) is 37.9 Å². The van der Waals surface area contributed by atoms with Gasteiger partial charge in [-0.15, -0.1) is 0 Å². The second kappa shape index (κ2) is 9.82. The maximum atomic E-state index is 4.36. The van der Waals surface area contributed by atoms with Crippen LogP contribution in [0, 0.1) is 0 Å². The summed E-state index contributed by atoms with van der Waals surface area (Å²) in [7, 11) is 1.82. The van der Waals surface area contributed by atoms with Crippen LogP contribution in [-0.4, -0.2) is 31.1 Å². The maximum absolute atomic E-state index is 4.36. The number of guanidine groups is 1. The molecule has 25 heavy (non-hydrogen) atoms. The van der Waals surface area contributed by atoms with Gasteiger partial charge in [-0.2, -0.15) is 0 Å². The summed E-state index contributed by atoms with van der Waals surface area (Å²) in [4.78, 5) is 8.52. The molecular formula is C21H30N4. The predicted octanol–water partition coefficient (Wildman–Crippen LogP) is 3.55. The van der Waals surface area contributed by atoms with Gasteiger partial charge in [0.1, 0.15) is 0 Å². The minimum absolute atomic E-state index is 0.127. The first-order valence-corrected chi connectivity index (χ1v) is 9.13. The number of hydrogen-bond acceptors (Lipinski definition) is 2. The van der Waals surface area contributed by atoms with Crippen LogP contribution in [0.25, 0.3) is 0 Å². The molecule has 2 aromatic rings. The van der Waals surface area contributed by atoms with Crippen molar-refractivity contribution in [3.05, 3.63) is 66.0 Å². The molecule has 0 radical (unpaired) electrons. The van der Waals surface area contributed by atoms with Crippen LogP contribution in [0.4, 0.5) is 0 Å². The van der Waals surface area contributed by atoms with Gasteiger partial charge in [0.2, 0.25) is 0 Å². The van der Waals surface area contributed by atoms with E-state index in [1.807, 2.05) is 19.3 Å². The van der Waals surface area contributed by atoms with Crippen LogP contribution in [0.5, 0.6) is 0 Å². The average Bonchev–Trinajstić information content (AvgIpc) is 2.69. The molecule has 2 N–H and O–H groups in total. The summed E-state index contributed by atoms with van der Waals surface area (Å²) in [5.74, 6) is 0.853. The van der Waals surface area contributed by atoms with E-state index in [1.165, 1.54) is 11.1 Å². The molecule has 0 aliphatic rings. The molecule has 1 aromatic heterocycles. The molecule has 2 rings (SSSR count). The fourth-order valence-corrected chi connectivity index (χ4v) is 3.15. The Hall–Kier alpha value is -2.36. The lowest BCUT2D eigenvalue weighted by molar-refractivity contribution is 0.389. The van der Waals surface area contributed by atoms with Crippen LogP contribution in [0.3, 0.4) is 0 Å². The Labute approximate surface area is 151 Å². The lowest BCUT2D eigenvalue weighted by Crippen LogP contribution is -2.45. The molecule has 0 bridgehead atoms. The molecule has 1 aromatic carbocycles. The molecule has 1 heterocycles. The smallest absolute Gasteiger partial charge is 0.191 e. The number of aliphatic imine (C=N–C) groups is 1. The van der Waals surface area contributed by atoms with Crippen molar-refractivity contribution >= 4 is 5.96 Å². The number of rotatable bonds is 8. The molecule has 0 saturated heterocycles. The van der Waals surface area contributed by atoms with Crippen molar-refractivity contribution in [1.29, 1.82) is 0 Å². The lowest BCUT2D eigenvalue weighted by atomic mass is 9.76. The molecule has 0 spiro atoms. The van der Waals surface area contributed by atoms with E-state index in [-0.39, 0.29) is 5.41 Å². The van der Waals surface area contributed by atoms with Gasteiger partial charge in [-0.3, -0.25) is 9.98 Å². The minimum atomic E-state index is 0.127. The van der Waals surface area contributed by atoms with Crippen molar-refractivity contribution in [2.24, 2.45) is 4.99 Å². The third kappa shape index (κ3) is 5.31. The van der Waals surface area contributed by atoms with Crippen molar-refractivity contribution < 1.29 is 0 Å². The van der Waals surface area contributed by atoms with Crippen molar-refractivity contribution in [1.82, 2.24) is 15.6 Å². The molecule has 0 saturated carbocycles. The van der Waals surface area contributed by atoms with Crippen LogP contribution in [-0.2, 0) is 11.8 Å². The molecule has 134 valence electrons. The van der Waals surface area contributed by atoms with Gasteiger partial charge in [0.05, 0.1) is 0 Å². The van der Waals surface area contributed by atoms with Gasteiger partial charge in [-0.1, -0.05) is 50.2 Å². The van der Waals surface area contributed by atoms with E-state index in [1.54, 1.807) is 6.20 Å². The fourth-order valence-electron chi connectivity index (χ4n) is 3.15. The highest BCUT2D eigenvalue weighted by Crippen LogP contribution is 2.30. The highest BCUT2D eigenvalue weighted by Gasteiger charge is 2.28. The number of hydrogen-bond donors (Lipinski definition) is 2. The van der Waals surface area contributed by atoms with Gasteiger partial charge in [0.25, 0.3) is 0 Å². The number of nitrogens with one attached hydrogen (secondary N) is 2. The highest BCUT2D eigenvalue weighted by molar-refractivity contribution is 5.79. The van der Waals surface area contributed by atoms with Gasteiger partial charge in [-0.25, -0.2) is 0 Å². The monoisotopic (exact) mass is 338 g/mol. The Bertz CT molecular complexity index is 633. The molecule has 0 amide bonds. The molecule has 0 aliphatic carbocycles. The lowest BCUT2D eigenvalue weighted by Gasteiger charge is -2.33. The quantitative estimate of drug-likeness (QED) is 0.572. The zero-order valence-electron chi connectivity index (χ0n) is 15.6. The van der Waals surface area contributed by atoms with Crippen molar-refractivity contribution in [3.8, 4) is 0 Å². The Morgan fingerprint density at radius 2 is 1.80 bits per heavy atom.